The van der Waals surface area contributed by atoms with Crippen molar-refractivity contribution in [3.05, 3.63) is 212 Å². The van der Waals surface area contributed by atoms with Crippen molar-refractivity contribution < 1.29 is 4.74 Å². The molecule has 54 heavy (non-hydrogen) atoms. The molecular formula is C52H35NO. The van der Waals surface area contributed by atoms with E-state index in [1.807, 2.05) is 0 Å². The van der Waals surface area contributed by atoms with Gasteiger partial charge in [0.2, 0.25) is 0 Å². The molecule has 0 saturated heterocycles. The van der Waals surface area contributed by atoms with Crippen molar-refractivity contribution in [3.63, 3.8) is 0 Å². The van der Waals surface area contributed by atoms with Gasteiger partial charge in [-0.1, -0.05) is 158 Å². The van der Waals surface area contributed by atoms with E-state index in [2.05, 4.69) is 217 Å². The van der Waals surface area contributed by atoms with Crippen LogP contribution in [-0.4, -0.2) is 0 Å². The monoisotopic (exact) mass is 689 g/mol. The minimum Gasteiger partial charge on any atom is -0.456 e. The van der Waals surface area contributed by atoms with E-state index < -0.39 is 0 Å². The number of hydrogen-bond acceptors (Lipinski definition) is 2. The maximum absolute atomic E-state index is 6.94. The number of anilines is 3. The Morgan fingerprint density at radius 2 is 0.759 bits per heavy atom. The first-order valence-electron chi connectivity index (χ1n) is 18.4. The van der Waals surface area contributed by atoms with Gasteiger partial charge in [0.1, 0.15) is 11.5 Å². The highest BCUT2D eigenvalue weighted by molar-refractivity contribution is 6.02. The number of ether oxygens (including phenoxy) is 1. The largest absolute Gasteiger partial charge is 0.456 e. The fourth-order valence-electron chi connectivity index (χ4n) is 7.81. The fourth-order valence-corrected chi connectivity index (χ4v) is 7.81. The summed E-state index contributed by atoms with van der Waals surface area (Å²) in [6.45, 7) is 0. The number of benzene rings is 9. The van der Waals surface area contributed by atoms with Crippen LogP contribution in [0.4, 0.5) is 17.1 Å². The van der Waals surface area contributed by atoms with Crippen molar-refractivity contribution in [3.8, 4) is 67.1 Å². The highest BCUT2D eigenvalue weighted by Crippen LogP contribution is 2.52. The van der Waals surface area contributed by atoms with E-state index in [1.165, 1.54) is 38.8 Å². The zero-order valence-corrected chi connectivity index (χ0v) is 29.6. The zero-order valence-electron chi connectivity index (χ0n) is 29.6. The molecule has 0 saturated carbocycles. The standard InChI is InChI=1S/C52H35NO/c1-4-13-36(14-5-1)38-23-27-43(28-24-38)53(44-29-25-39(26-30-44)37-15-6-2-7-16-37)45-31-32-50-49(35-45)52-46(40-17-8-3-9-18-40)21-12-22-47(52)48-33-41-19-10-11-20-42(41)34-51(48)54-50/h1-35H. The molecule has 0 unspecified atom stereocenters. The SMILES string of the molecule is c1ccc(-c2ccc(N(c3ccc(-c4ccccc4)cc3)c3ccc4c(c3)-c3c(-c5ccccc5)cccc3-c3cc5ccccc5cc3O4)cc2)cc1. The molecule has 1 aliphatic rings. The minimum absolute atomic E-state index is 0.830. The summed E-state index contributed by atoms with van der Waals surface area (Å²) < 4.78 is 6.94. The maximum atomic E-state index is 6.94. The Kier molecular flexibility index (Phi) is 7.85. The van der Waals surface area contributed by atoms with Crippen LogP contribution in [0.25, 0.3) is 66.4 Å². The van der Waals surface area contributed by atoms with Crippen LogP contribution >= 0.6 is 0 Å². The van der Waals surface area contributed by atoms with Gasteiger partial charge in [-0.2, -0.15) is 0 Å². The van der Waals surface area contributed by atoms with Crippen molar-refractivity contribution in [2.45, 2.75) is 0 Å². The molecule has 0 spiro atoms. The van der Waals surface area contributed by atoms with E-state index in [0.717, 1.165) is 56.2 Å². The van der Waals surface area contributed by atoms with Crippen LogP contribution < -0.4 is 9.64 Å². The summed E-state index contributed by atoms with van der Waals surface area (Å²) in [5.41, 5.74) is 14.7. The van der Waals surface area contributed by atoms with Gasteiger partial charge in [-0.3, -0.25) is 0 Å². The van der Waals surface area contributed by atoms with Crippen LogP contribution in [0.15, 0.2) is 212 Å². The molecule has 0 radical (unpaired) electrons. The molecule has 1 aliphatic heterocycles. The van der Waals surface area contributed by atoms with Gasteiger partial charge in [-0.05, 0) is 104 Å². The molecule has 0 atom stereocenters. The average molecular weight is 690 g/mol. The number of rotatable bonds is 6. The van der Waals surface area contributed by atoms with Gasteiger partial charge in [0, 0.05) is 33.8 Å². The van der Waals surface area contributed by atoms with E-state index in [1.54, 1.807) is 0 Å². The van der Waals surface area contributed by atoms with Crippen molar-refractivity contribution in [2.75, 3.05) is 4.90 Å². The molecule has 0 bridgehead atoms. The Balaban J connectivity index is 1.18. The topological polar surface area (TPSA) is 12.5 Å². The lowest BCUT2D eigenvalue weighted by atomic mass is 9.87. The first kappa shape index (κ1) is 31.6. The van der Waals surface area contributed by atoms with Gasteiger partial charge in [-0.15, -0.1) is 0 Å². The van der Waals surface area contributed by atoms with Crippen LogP contribution in [0.3, 0.4) is 0 Å². The zero-order chi connectivity index (χ0) is 35.8. The van der Waals surface area contributed by atoms with Gasteiger partial charge in [-0.25, -0.2) is 0 Å². The van der Waals surface area contributed by atoms with E-state index >= 15 is 0 Å². The second kappa shape index (κ2) is 13.4. The molecule has 0 fully saturated rings. The van der Waals surface area contributed by atoms with E-state index in [4.69, 9.17) is 4.74 Å². The van der Waals surface area contributed by atoms with Gasteiger partial charge >= 0.3 is 0 Å². The smallest absolute Gasteiger partial charge is 0.135 e. The summed E-state index contributed by atoms with van der Waals surface area (Å²) in [5, 5.41) is 2.34. The van der Waals surface area contributed by atoms with Gasteiger partial charge in [0.25, 0.3) is 0 Å². The van der Waals surface area contributed by atoms with Crippen molar-refractivity contribution in [2.24, 2.45) is 0 Å². The lowest BCUT2D eigenvalue weighted by Crippen LogP contribution is -2.10. The molecule has 1 heterocycles. The normalized spacial score (nSPS) is 11.5. The first-order chi connectivity index (χ1) is 26.8. The van der Waals surface area contributed by atoms with Crippen LogP contribution in [0, 0.1) is 0 Å². The first-order valence-corrected chi connectivity index (χ1v) is 18.4. The third-order valence-corrected chi connectivity index (χ3v) is 10.5. The molecule has 0 aromatic heterocycles. The second-order valence-corrected chi connectivity index (χ2v) is 13.7. The summed E-state index contributed by atoms with van der Waals surface area (Å²) in [6, 6.07) is 75.8. The quantitative estimate of drug-likeness (QED) is 0.172. The van der Waals surface area contributed by atoms with Crippen molar-refractivity contribution in [1.29, 1.82) is 0 Å². The highest BCUT2D eigenvalue weighted by atomic mass is 16.5. The molecule has 0 N–H and O–H groups in total. The van der Waals surface area contributed by atoms with Crippen LogP contribution in [0.2, 0.25) is 0 Å². The molecule has 9 aromatic rings. The van der Waals surface area contributed by atoms with E-state index in [0.29, 0.717) is 0 Å². The minimum atomic E-state index is 0.830. The molecular weight excluding hydrogens is 655 g/mol. The van der Waals surface area contributed by atoms with Crippen LogP contribution in [0.5, 0.6) is 11.5 Å². The number of nitrogens with zero attached hydrogens (tertiary/aromatic N) is 1. The summed E-state index contributed by atoms with van der Waals surface area (Å²) in [4.78, 5) is 2.35. The van der Waals surface area contributed by atoms with Gasteiger partial charge in [0.15, 0.2) is 0 Å². The Hall–Kier alpha value is -7.16. The summed E-state index contributed by atoms with van der Waals surface area (Å²) >= 11 is 0. The summed E-state index contributed by atoms with van der Waals surface area (Å²) in [5.74, 6) is 1.69. The van der Waals surface area contributed by atoms with Crippen molar-refractivity contribution >= 4 is 27.8 Å². The molecule has 254 valence electrons. The van der Waals surface area contributed by atoms with Gasteiger partial charge < -0.3 is 9.64 Å². The van der Waals surface area contributed by atoms with Crippen LogP contribution in [-0.2, 0) is 0 Å². The lowest BCUT2D eigenvalue weighted by molar-refractivity contribution is 0.488. The predicted octanol–water partition coefficient (Wildman–Crippen LogP) is 14.8. The Morgan fingerprint density at radius 3 is 1.35 bits per heavy atom. The Bertz CT molecular complexity index is 2670. The Labute approximate surface area is 315 Å². The predicted molar refractivity (Wildman–Crippen MR) is 226 cm³/mol. The van der Waals surface area contributed by atoms with E-state index in [-0.39, 0.29) is 0 Å². The summed E-state index contributed by atoms with van der Waals surface area (Å²) in [6.07, 6.45) is 0. The molecule has 10 rings (SSSR count). The lowest BCUT2D eigenvalue weighted by Gasteiger charge is -2.27. The number of hydrogen-bond donors (Lipinski definition) is 0. The van der Waals surface area contributed by atoms with Gasteiger partial charge in [0.05, 0.1) is 0 Å². The number of fused-ring (bicyclic) bond motifs is 6. The highest BCUT2D eigenvalue weighted by Gasteiger charge is 2.26. The second-order valence-electron chi connectivity index (χ2n) is 13.7. The molecule has 0 amide bonds. The Morgan fingerprint density at radius 1 is 0.278 bits per heavy atom. The molecule has 9 aromatic carbocycles. The third-order valence-electron chi connectivity index (χ3n) is 10.5. The van der Waals surface area contributed by atoms with Crippen molar-refractivity contribution in [1.82, 2.24) is 0 Å². The molecule has 0 aliphatic carbocycles. The maximum Gasteiger partial charge on any atom is 0.135 e. The van der Waals surface area contributed by atoms with E-state index in [9.17, 15) is 0 Å². The fraction of sp³-hybridized carbons (Fsp3) is 0. The average Bonchev–Trinajstić information content (AvgIpc) is 3.38. The molecule has 2 nitrogen and oxygen atoms in total. The third kappa shape index (κ3) is 5.71. The summed E-state index contributed by atoms with van der Waals surface area (Å²) in [7, 11) is 0. The molecule has 2 heteroatoms. The van der Waals surface area contributed by atoms with Crippen LogP contribution in [0.1, 0.15) is 0 Å².